The SMILES string of the molecule is COC(=O)c1ccc(OCc2ccc(-c3nc(-c4cccc(N)c4C)no3)o2)cc1. The fourth-order valence-corrected chi connectivity index (χ4v) is 2.86. The third kappa shape index (κ3) is 3.88. The molecule has 8 heteroatoms. The second kappa shape index (κ2) is 8.12. The molecule has 0 aliphatic carbocycles. The molecule has 2 heterocycles. The van der Waals surface area contributed by atoms with Gasteiger partial charge in [0.15, 0.2) is 5.76 Å². The first-order valence-electron chi connectivity index (χ1n) is 9.14. The first-order chi connectivity index (χ1) is 14.5. The summed E-state index contributed by atoms with van der Waals surface area (Å²) in [6.45, 7) is 2.10. The topological polar surface area (TPSA) is 114 Å². The van der Waals surface area contributed by atoms with Crippen LogP contribution in [0, 0.1) is 6.92 Å². The number of methoxy groups -OCH3 is 1. The predicted octanol–water partition coefficient (Wildman–Crippen LogP) is 4.25. The molecule has 0 unspecified atom stereocenters. The first kappa shape index (κ1) is 19.3. The standard InChI is InChI=1S/C22H19N3O5/c1-13-17(4-3-5-18(13)23)20-24-21(30-25-20)19-11-10-16(29-19)12-28-15-8-6-14(7-9-15)22(26)27-2/h3-11H,12,23H2,1-2H3. The minimum atomic E-state index is -0.399. The number of benzene rings is 2. The zero-order valence-corrected chi connectivity index (χ0v) is 16.4. The van der Waals surface area contributed by atoms with Crippen molar-refractivity contribution < 1.29 is 23.2 Å². The van der Waals surface area contributed by atoms with Gasteiger partial charge < -0.3 is 24.1 Å². The summed E-state index contributed by atoms with van der Waals surface area (Å²) in [5.74, 6) is 1.93. The quantitative estimate of drug-likeness (QED) is 0.374. The van der Waals surface area contributed by atoms with E-state index in [1.807, 2.05) is 25.1 Å². The van der Waals surface area contributed by atoms with Gasteiger partial charge in [-0.15, -0.1) is 0 Å². The average molecular weight is 405 g/mol. The van der Waals surface area contributed by atoms with Crippen LogP contribution in [0.3, 0.4) is 0 Å². The van der Waals surface area contributed by atoms with Gasteiger partial charge in [-0.05, 0) is 55.0 Å². The molecule has 0 saturated carbocycles. The Morgan fingerprint density at radius 3 is 2.67 bits per heavy atom. The summed E-state index contributed by atoms with van der Waals surface area (Å²) in [5.41, 5.74) is 8.75. The van der Waals surface area contributed by atoms with Crippen LogP contribution in [-0.4, -0.2) is 23.2 Å². The minimum absolute atomic E-state index is 0.201. The maximum atomic E-state index is 11.5. The van der Waals surface area contributed by atoms with E-state index in [2.05, 4.69) is 14.9 Å². The maximum absolute atomic E-state index is 11.5. The summed E-state index contributed by atoms with van der Waals surface area (Å²) in [6.07, 6.45) is 0. The van der Waals surface area contributed by atoms with Crippen LogP contribution < -0.4 is 10.5 Å². The van der Waals surface area contributed by atoms with Crippen molar-refractivity contribution in [3.05, 3.63) is 71.5 Å². The molecule has 0 amide bonds. The molecule has 8 nitrogen and oxygen atoms in total. The molecule has 0 saturated heterocycles. The number of nitrogens with zero attached hydrogens (tertiary/aromatic N) is 2. The molecule has 0 radical (unpaired) electrons. The van der Waals surface area contributed by atoms with E-state index in [1.165, 1.54) is 7.11 Å². The Hall–Kier alpha value is -4.07. The van der Waals surface area contributed by atoms with Gasteiger partial charge in [0.25, 0.3) is 5.89 Å². The molecular formula is C22H19N3O5. The molecule has 2 aromatic carbocycles. The fraction of sp³-hybridized carbons (Fsp3) is 0.136. The number of nitrogen functional groups attached to an aromatic ring is 1. The molecule has 0 atom stereocenters. The molecule has 152 valence electrons. The Morgan fingerprint density at radius 2 is 1.90 bits per heavy atom. The summed E-state index contributed by atoms with van der Waals surface area (Å²) < 4.78 is 21.5. The highest BCUT2D eigenvalue weighted by Gasteiger charge is 2.16. The number of nitrogens with two attached hydrogens (primary N) is 1. The highest BCUT2D eigenvalue weighted by molar-refractivity contribution is 5.89. The lowest BCUT2D eigenvalue weighted by Crippen LogP contribution is -2.01. The Balaban J connectivity index is 1.44. The van der Waals surface area contributed by atoms with E-state index in [0.29, 0.717) is 34.3 Å². The van der Waals surface area contributed by atoms with Gasteiger partial charge >= 0.3 is 5.97 Å². The highest BCUT2D eigenvalue weighted by atomic mass is 16.5. The lowest BCUT2D eigenvalue weighted by molar-refractivity contribution is 0.0600. The lowest BCUT2D eigenvalue weighted by atomic mass is 10.1. The monoisotopic (exact) mass is 405 g/mol. The molecule has 2 N–H and O–H groups in total. The molecule has 0 spiro atoms. The summed E-state index contributed by atoms with van der Waals surface area (Å²) in [4.78, 5) is 15.9. The molecular weight excluding hydrogens is 386 g/mol. The molecule has 0 fully saturated rings. The number of anilines is 1. The first-order valence-corrected chi connectivity index (χ1v) is 9.14. The Kier molecular flexibility index (Phi) is 5.21. The van der Waals surface area contributed by atoms with Crippen LogP contribution in [0.1, 0.15) is 21.7 Å². The van der Waals surface area contributed by atoms with Gasteiger partial charge in [-0.1, -0.05) is 17.3 Å². The molecule has 0 bridgehead atoms. The Bertz CT molecular complexity index is 1180. The van der Waals surface area contributed by atoms with Crippen molar-refractivity contribution in [2.45, 2.75) is 13.5 Å². The van der Waals surface area contributed by atoms with E-state index in [4.69, 9.17) is 19.4 Å². The Morgan fingerprint density at radius 1 is 1.10 bits per heavy atom. The summed E-state index contributed by atoms with van der Waals surface area (Å²) in [6, 6.07) is 15.7. The third-order valence-corrected chi connectivity index (χ3v) is 4.57. The van der Waals surface area contributed by atoms with Gasteiger partial charge in [0.2, 0.25) is 5.82 Å². The number of carbonyl (C=O) groups excluding carboxylic acids is 1. The van der Waals surface area contributed by atoms with Crippen molar-refractivity contribution >= 4 is 11.7 Å². The molecule has 4 rings (SSSR count). The van der Waals surface area contributed by atoms with Crippen LogP contribution in [0.15, 0.2) is 63.5 Å². The van der Waals surface area contributed by atoms with Crippen molar-refractivity contribution in [1.29, 1.82) is 0 Å². The van der Waals surface area contributed by atoms with E-state index in [1.54, 1.807) is 36.4 Å². The number of ether oxygens (including phenoxy) is 2. The smallest absolute Gasteiger partial charge is 0.337 e. The van der Waals surface area contributed by atoms with Crippen molar-refractivity contribution in [3.63, 3.8) is 0 Å². The number of carbonyl (C=O) groups is 1. The van der Waals surface area contributed by atoms with Crippen molar-refractivity contribution in [3.8, 4) is 28.8 Å². The number of esters is 1. The van der Waals surface area contributed by atoms with Gasteiger partial charge in [-0.3, -0.25) is 0 Å². The second-order valence-corrected chi connectivity index (χ2v) is 6.51. The zero-order valence-electron chi connectivity index (χ0n) is 16.4. The normalized spacial score (nSPS) is 10.7. The predicted molar refractivity (Wildman–Crippen MR) is 109 cm³/mol. The van der Waals surface area contributed by atoms with Crippen LogP contribution >= 0.6 is 0 Å². The van der Waals surface area contributed by atoms with Crippen LogP contribution in [-0.2, 0) is 11.3 Å². The zero-order chi connectivity index (χ0) is 21.1. The van der Waals surface area contributed by atoms with Crippen molar-refractivity contribution in [1.82, 2.24) is 10.1 Å². The third-order valence-electron chi connectivity index (χ3n) is 4.57. The molecule has 4 aromatic rings. The lowest BCUT2D eigenvalue weighted by Gasteiger charge is -2.05. The Labute approximate surface area is 172 Å². The van der Waals surface area contributed by atoms with E-state index in [-0.39, 0.29) is 12.5 Å². The molecule has 0 aliphatic heterocycles. The van der Waals surface area contributed by atoms with E-state index < -0.39 is 5.97 Å². The summed E-state index contributed by atoms with van der Waals surface area (Å²) >= 11 is 0. The number of aromatic nitrogens is 2. The van der Waals surface area contributed by atoms with Crippen molar-refractivity contribution in [2.24, 2.45) is 0 Å². The average Bonchev–Trinajstić information content (AvgIpc) is 3.43. The van der Waals surface area contributed by atoms with Gasteiger partial charge in [-0.25, -0.2) is 4.79 Å². The summed E-state index contributed by atoms with van der Waals surface area (Å²) in [7, 11) is 1.34. The number of furan rings is 1. The largest absolute Gasteiger partial charge is 0.486 e. The molecule has 30 heavy (non-hydrogen) atoms. The second-order valence-electron chi connectivity index (χ2n) is 6.51. The van der Waals surface area contributed by atoms with Crippen LogP contribution in [0.5, 0.6) is 5.75 Å². The van der Waals surface area contributed by atoms with E-state index in [0.717, 1.165) is 11.1 Å². The van der Waals surface area contributed by atoms with Gasteiger partial charge in [0.05, 0.1) is 12.7 Å². The fourth-order valence-electron chi connectivity index (χ4n) is 2.86. The maximum Gasteiger partial charge on any atom is 0.337 e. The number of hydrogen-bond acceptors (Lipinski definition) is 8. The van der Waals surface area contributed by atoms with Gasteiger partial charge in [-0.2, -0.15) is 4.98 Å². The number of hydrogen-bond donors (Lipinski definition) is 1. The van der Waals surface area contributed by atoms with Crippen LogP contribution in [0.25, 0.3) is 23.0 Å². The van der Waals surface area contributed by atoms with E-state index >= 15 is 0 Å². The van der Waals surface area contributed by atoms with Crippen molar-refractivity contribution in [2.75, 3.05) is 12.8 Å². The highest BCUT2D eigenvalue weighted by Crippen LogP contribution is 2.28. The summed E-state index contributed by atoms with van der Waals surface area (Å²) in [5, 5.41) is 4.03. The molecule has 0 aliphatic rings. The van der Waals surface area contributed by atoms with Gasteiger partial charge in [0, 0.05) is 11.3 Å². The van der Waals surface area contributed by atoms with E-state index in [9.17, 15) is 4.79 Å². The molecule has 2 aromatic heterocycles. The van der Waals surface area contributed by atoms with Gasteiger partial charge in [0.1, 0.15) is 18.1 Å². The number of rotatable bonds is 6. The van der Waals surface area contributed by atoms with Crippen LogP contribution in [0.4, 0.5) is 5.69 Å². The minimum Gasteiger partial charge on any atom is -0.486 e. The van der Waals surface area contributed by atoms with Crippen LogP contribution in [0.2, 0.25) is 0 Å².